The van der Waals surface area contributed by atoms with E-state index < -0.39 is 6.03 Å². The zero-order valence-electron chi connectivity index (χ0n) is 13.0. The SMILES string of the molecule is NC(=O)N/N=C/c1ccccc1OCc1cccc2ccccc12. The summed E-state index contributed by atoms with van der Waals surface area (Å²) in [6.07, 6.45) is 1.50. The third kappa shape index (κ3) is 3.70. The van der Waals surface area contributed by atoms with Gasteiger partial charge in [-0.3, -0.25) is 0 Å². The van der Waals surface area contributed by atoms with Crippen molar-refractivity contribution >= 4 is 23.0 Å². The van der Waals surface area contributed by atoms with E-state index in [1.807, 2.05) is 48.5 Å². The van der Waals surface area contributed by atoms with Crippen LogP contribution >= 0.6 is 0 Å². The molecule has 0 unspecified atom stereocenters. The van der Waals surface area contributed by atoms with Gasteiger partial charge in [-0.1, -0.05) is 54.6 Å². The number of urea groups is 1. The quantitative estimate of drug-likeness (QED) is 0.558. The zero-order chi connectivity index (χ0) is 16.8. The molecule has 0 bridgehead atoms. The molecule has 0 heterocycles. The fraction of sp³-hybridized carbons (Fsp3) is 0.0526. The number of hydrogen-bond donors (Lipinski definition) is 2. The van der Waals surface area contributed by atoms with E-state index in [-0.39, 0.29) is 0 Å². The van der Waals surface area contributed by atoms with Gasteiger partial charge in [0.2, 0.25) is 0 Å². The smallest absolute Gasteiger partial charge is 0.332 e. The Morgan fingerprint density at radius 3 is 2.67 bits per heavy atom. The van der Waals surface area contributed by atoms with Gasteiger partial charge >= 0.3 is 6.03 Å². The first-order valence-corrected chi connectivity index (χ1v) is 7.51. The number of hydrazone groups is 1. The largest absolute Gasteiger partial charge is 0.488 e. The molecule has 5 heteroatoms. The molecule has 24 heavy (non-hydrogen) atoms. The van der Waals surface area contributed by atoms with Crippen molar-refractivity contribution in [3.63, 3.8) is 0 Å². The van der Waals surface area contributed by atoms with Crippen LogP contribution in [0.25, 0.3) is 10.8 Å². The van der Waals surface area contributed by atoms with Gasteiger partial charge in [0.1, 0.15) is 12.4 Å². The van der Waals surface area contributed by atoms with Crippen LogP contribution in [-0.4, -0.2) is 12.2 Å². The number of nitrogens with two attached hydrogens (primary N) is 1. The van der Waals surface area contributed by atoms with E-state index in [9.17, 15) is 4.79 Å². The third-order valence-electron chi connectivity index (χ3n) is 3.56. The summed E-state index contributed by atoms with van der Waals surface area (Å²) in [6, 6.07) is 21.1. The molecule has 3 N–H and O–H groups in total. The molecule has 0 saturated heterocycles. The van der Waals surface area contributed by atoms with E-state index in [1.165, 1.54) is 17.0 Å². The molecule has 2 amide bonds. The van der Waals surface area contributed by atoms with Gasteiger partial charge in [-0.15, -0.1) is 0 Å². The molecule has 120 valence electrons. The molecular formula is C19H17N3O2. The Hall–Kier alpha value is -3.34. The van der Waals surface area contributed by atoms with Crippen LogP contribution in [0.4, 0.5) is 4.79 Å². The van der Waals surface area contributed by atoms with E-state index in [1.54, 1.807) is 0 Å². The van der Waals surface area contributed by atoms with Gasteiger partial charge in [0, 0.05) is 5.56 Å². The molecule has 3 aromatic rings. The maximum absolute atomic E-state index is 10.7. The number of ether oxygens (including phenoxy) is 1. The maximum Gasteiger partial charge on any atom is 0.332 e. The highest BCUT2D eigenvalue weighted by molar-refractivity contribution is 5.86. The molecule has 0 saturated carbocycles. The topological polar surface area (TPSA) is 76.7 Å². The number of nitrogens with zero attached hydrogens (tertiary/aromatic N) is 1. The maximum atomic E-state index is 10.7. The number of benzene rings is 3. The molecular weight excluding hydrogens is 302 g/mol. The second kappa shape index (κ2) is 7.28. The lowest BCUT2D eigenvalue weighted by atomic mass is 10.1. The van der Waals surface area contributed by atoms with Crippen LogP contribution in [0, 0.1) is 0 Å². The number of amides is 2. The number of hydrogen-bond acceptors (Lipinski definition) is 3. The average Bonchev–Trinajstić information content (AvgIpc) is 2.60. The zero-order valence-corrected chi connectivity index (χ0v) is 13.0. The minimum atomic E-state index is -0.708. The lowest BCUT2D eigenvalue weighted by Gasteiger charge is -2.11. The van der Waals surface area contributed by atoms with Crippen molar-refractivity contribution < 1.29 is 9.53 Å². The fourth-order valence-electron chi connectivity index (χ4n) is 2.46. The van der Waals surface area contributed by atoms with Gasteiger partial charge in [-0.25, -0.2) is 10.2 Å². The molecule has 0 aliphatic rings. The summed E-state index contributed by atoms with van der Waals surface area (Å²) < 4.78 is 5.95. The molecule has 0 aromatic heterocycles. The van der Waals surface area contributed by atoms with Gasteiger partial charge in [-0.05, 0) is 28.5 Å². The number of para-hydroxylation sites is 1. The highest BCUT2D eigenvalue weighted by Crippen LogP contribution is 2.22. The Morgan fingerprint density at radius 2 is 1.79 bits per heavy atom. The molecule has 0 radical (unpaired) electrons. The first kappa shape index (κ1) is 15.6. The summed E-state index contributed by atoms with van der Waals surface area (Å²) in [5, 5.41) is 6.12. The molecule has 0 aliphatic carbocycles. The van der Waals surface area contributed by atoms with Crippen LogP contribution in [0.3, 0.4) is 0 Å². The van der Waals surface area contributed by atoms with Crippen LogP contribution in [0.5, 0.6) is 5.75 Å². The fourth-order valence-corrected chi connectivity index (χ4v) is 2.46. The summed E-state index contributed by atoms with van der Waals surface area (Å²) in [5.74, 6) is 0.681. The van der Waals surface area contributed by atoms with E-state index in [2.05, 4.69) is 28.7 Å². The first-order chi connectivity index (χ1) is 11.7. The van der Waals surface area contributed by atoms with E-state index in [4.69, 9.17) is 10.5 Å². The standard InChI is InChI=1S/C19H17N3O2/c20-19(23)22-21-12-15-7-2-4-11-18(15)24-13-16-9-5-8-14-6-1-3-10-17(14)16/h1-12H,13H2,(H3,20,22,23)/b21-12+. The number of carbonyl (C=O) groups excluding carboxylic acids is 1. The van der Waals surface area contributed by atoms with Crippen molar-refractivity contribution in [1.82, 2.24) is 5.43 Å². The molecule has 0 fully saturated rings. The van der Waals surface area contributed by atoms with E-state index in [0.29, 0.717) is 12.4 Å². The summed E-state index contributed by atoms with van der Waals surface area (Å²) in [5.41, 5.74) is 9.02. The third-order valence-corrected chi connectivity index (χ3v) is 3.56. The minimum absolute atomic E-state index is 0.440. The lowest BCUT2D eigenvalue weighted by Crippen LogP contribution is -2.24. The average molecular weight is 319 g/mol. The molecule has 0 atom stereocenters. The number of nitrogens with one attached hydrogen (secondary N) is 1. The predicted molar refractivity (Wildman–Crippen MR) is 95.0 cm³/mol. The van der Waals surface area contributed by atoms with E-state index in [0.717, 1.165) is 11.1 Å². The second-order valence-corrected chi connectivity index (χ2v) is 5.20. The second-order valence-electron chi connectivity index (χ2n) is 5.20. The van der Waals surface area contributed by atoms with Crippen LogP contribution in [-0.2, 0) is 6.61 Å². The lowest BCUT2D eigenvalue weighted by molar-refractivity contribution is 0.249. The minimum Gasteiger partial charge on any atom is -0.488 e. The van der Waals surface area contributed by atoms with Crippen molar-refractivity contribution in [2.75, 3.05) is 0 Å². The van der Waals surface area contributed by atoms with Crippen molar-refractivity contribution in [1.29, 1.82) is 0 Å². The highest BCUT2D eigenvalue weighted by Gasteiger charge is 2.04. The van der Waals surface area contributed by atoms with Crippen LogP contribution < -0.4 is 15.9 Å². The summed E-state index contributed by atoms with van der Waals surface area (Å²) >= 11 is 0. The monoisotopic (exact) mass is 319 g/mol. The van der Waals surface area contributed by atoms with Crippen LogP contribution in [0.1, 0.15) is 11.1 Å². The van der Waals surface area contributed by atoms with Gasteiger partial charge in [0.25, 0.3) is 0 Å². The molecule has 5 nitrogen and oxygen atoms in total. The van der Waals surface area contributed by atoms with Gasteiger partial charge in [0.15, 0.2) is 0 Å². The Kier molecular flexibility index (Phi) is 4.72. The van der Waals surface area contributed by atoms with Crippen molar-refractivity contribution in [2.24, 2.45) is 10.8 Å². The predicted octanol–water partition coefficient (Wildman–Crippen LogP) is 3.42. The highest BCUT2D eigenvalue weighted by atomic mass is 16.5. The Morgan fingerprint density at radius 1 is 1.04 bits per heavy atom. The van der Waals surface area contributed by atoms with Gasteiger partial charge in [-0.2, -0.15) is 5.10 Å². The normalized spacial score (nSPS) is 10.8. The molecule has 3 rings (SSSR count). The Bertz CT molecular complexity index is 885. The van der Waals surface area contributed by atoms with Crippen LogP contribution in [0.2, 0.25) is 0 Å². The van der Waals surface area contributed by atoms with Crippen molar-refractivity contribution in [2.45, 2.75) is 6.61 Å². The number of rotatable bonds is 5. The van der Waals surface area contributed by atoms with Crippen molar-refractivity contribution in [3.8, 4) is 5.75 Å². The first-order valence-electron chi connectivity index (χ1n) is 7.51. The number of fused-ring (bicyclic) bond motifs is 1. The van der Waals surface area contributed by atoms with E-state index >= 15 is 0 Å². The summed E-state index contributed by atoms with van der Waals surface area (Å²) in [7, 11) is 0. The Balaban J connectivity index is 1.79. The van der Waals surface area contributed by atoms with Gasteiger partial charge < -0.3 is 10.5 Å². The molecule has 3 aromatic carbocycles. The van der Waals surface area contributed by atoms with Crippen molar-refractivity contribution in [3.05, 3.63) is 77.9 Å². The van der Waals surface area contributed by atoms with Gasteiger partial charge in [0.05, 0.1) is 6.21 Å². The molecule has 0 spiro atoms. The van der Waals surface area contributed by atoms with Crippen LogP contribution in [0.15, 0.2) is 71.8 Å². The summed E-state index contributed by atoms with van der Waals surface area (Å²) in [4.78, 5) is 10.7. The summed E-state index contributed by atoms with van der Waals surface area (Å²) in [6.45, 7) is 0.440. The Labute approximate surface area is 139 Å². The number of carbonyl (C=O) groups is 1. The number of primary amides is 1. The molecule has 0 aliphatic heterocycles.